The molecule has 21 heavy (non-hydrogen) atoms. The number of hydrogen-bond acceptors (Lipinski definition) is 5. The number of methoxy groups -OCH3 is 1. The second kappa shape index (κ2) is 5.78. The lowest BCUT2D eigenvalue weighted by Crippen LogP contribution is -2.28. The zero-order chi connectivity index (χ0) is 15.6. The lowest BCUT2D eigenvalue weighted by Gasteiger charge is -2.12. The standard InChI is InChI=1S/C15H17N3O3/c1-4-18-15(20)13(16)12(9(2)19)14(17-18)10-6-5-7-11(8-10)21-3/h5-8H,4,16H2,1-3H3. The molecule has 0 radical (unpaired) electrons. The van der Waals surface area contributed by atoms with Crippen LogP contribution < -0.4 is 16.0 Å². The van der Waals surface area contributed by atoms with Crippen LogP contribution in [-0.4, -0.2) is 22.7 Å². The lowest BCUT2D eigenvalue weighted by atomic mass is 10.0. The SMILES string of the molecule is CCn1nc(-c2cccc(OC)c2)c(C(C)=O)c(N)c1=O. The van der Waals surface area contributed by atoms with E-state index in [0.29, 0.717) is 23.6 Å². The fourth-order valence-corrected chi connectivity index (χ4v) is 2.13. The van der Waals surface area contributed by atoms with E-state index in [9.17, 15) is 9.59 Å². The van der Waals surface area contributed by atoms with Gasteiger partial charge in [0.2, 0.25) is 0 Å². The third-order valence-electron chi connectivity index (χ3n) is 3.19. The number of nitrogen functional groups attached to an aromatic ring is 1. The summed E-state index contributed by atoms with van der Waals surface area (Å²) in [5.41, 5.74) is 6.54. The van der Waals surface area contributed by atoms with Gasteiger partial charge in [-0.15, -0.1) is 0 Å². The van der Waals surface area contributed by atoms with Gasteiger partial charge in [-0.3, -0.25) is 9.59 Å². The number of carbonyl (C=O) groups excluding carboxylic acids is 1. The highest BCUT2D eigenvalue weighted by Crippen LogP contribution is 2.27. The monoisotopic (exact) mass is 287 g/mol. The van der Waals surface area contributed by atoms with Crippen molar-refractivity contribution in [3.8, 4) is 17.0 Å². The number of ether oxygens (including phenoxy) is 1. The highest BCUT2D eigenvalue weighted by atomic mass is 16.5. The zero-order valence-corrected chi connectivity index (χ0v) is 12.2. The maximum atomic E-state index is 12.0. The van der Waals surface area contributed by atoms with Gasteiger partial charge in [-0.25, -0.2) is 4.68 Å². The molecule has 0 unspecified atom stereocenters. The summed E-state index contributed by atoms with van der Waals surface area (Å²) in [6.07, 6.45) is 0. The van der Waals surface area contributed by atoms with Crippen molar-refractivity contribution < 1.29 is 9.53 Å². The quantitative estimate of drug-likeness (QED) is 0.865. The number of aryl methyl sites for hydroxylation is 1. The molecule has 0 amide bonds. The smallest absolute Gasteiger partial charge is 0.290 e. The van der Waals surface area contributed by atoms with E-state index in [-0.39, 0.29) is 17.0 Å². The van der Waals surface area contributed by atoms with Crippen molar-refractivity contribution in [2.24, 2.45) is 0 Å². The van der Waals surface area contributed by atoms with E-state index in [0.717, 1.165) is 0 Å². The van der Waals surface area contributed by atoms with Crippen LogP contribution in [0.4, 0.5) is 5.69 Å². The molecule has 1 aromatic carbocycles. The van der Waals surface area contributed by atoms with Crippen molar-refractivity contribution in [1.82, 2.24) is 9.78 Å². The summed E-state index contributed by atoms with van der Waals surface area (Å²) in [6, 6.07) is 7.12. The van der Waals surface area contributed by atoms with Crippen LogP contribution in [-0.2, 0) is 6.54 Å². The predicted molar refractivity (Wildman–Crippen MR) is 80.6 cm³/mol. The normalized spacial score (nSPS) is 10.4. The molecule has 0 aliphatic heterocycles. The Bertz CT molecular complexity index is 750. The first-order chi connectivity index (χ1) is 9.99. The number of Topliss-reactive ketones (excluding diaryl/α,β-unsaturated/α-hetero) is 1. The van der Waals surface area contributed by atoms with Gasteiger partial charge in [0.15, 0.2) is 5.78 Å². The molecule has 0 saturated carbocycles. The Kier molecular flexibility index (Phi) is 4.07. The second-order valence-electron chi connectivity index (χ2n) is 4.55. The van der Waals surface area contributed by atoms with Gasteiger partial charge in [-0.2, -0.15) is 5.10 Å². The van der Waals surface area contributed by atoms with E-state index in [1.165, 1.54) is 11.6 Å². The topological polar surface area (TPSA) is 87.2 Å². The average Bonchev–Trinajstić information content (AvgIpc) is 2.49. The van der Waals surface area contributed by atoms with Gasteiger partial charge < -0.3 is 10.5 Å². The third kappa shape index (κ3) is 2.65. The summed E-state index contributed by atoms with van der Waals surface area (Å²) in [5, 5.41) is 4.27. The Balaban J connectivity index is 2.80. The van der Waals surface area contributed by atoms with Crippen LogP contribution in [0.1, 0.15) is 24.2 Å². The molecular weight excluding hydrogens is 270 g/mol. The number of anilines is 1. The number of rotatable bonds is 4. The molecule has 6 heteroatoms. The fourth-order valence-electron chi connectivity index (χ4n) is 2.13. The molecule has 2 N–H and O–H groups in total. The summed E-state index contributed by atoms with van der Waals surface area (Å²) < 4.78 is 6.42. The molecule has 0 spiro atoms. The second-order valence-corrected chi connectivity index (χ2v) is 4.55. The molecule has 6 nitrogen and oxygen atoms in total. The Morgan fingerprint density at radius 3 is 2.71 bits per heavy atom. The van der Waals surface area contributed by atoms with Crippen LogP contribution in [0.3, 0.4) is 0 Å². The van der Waals surface area contributed by atoms with Crippen molar-refractivity contribution in [1.29, 1.82) is 0 Å². The third-order valence-corrected chi connectivity index (χ3v) is 3.19. The molecule has 0 bridgehead atoms. The molecule has 0 atom stereocenters. The molecule has 0 fully saturated rings. The maximum absolute atomic E-state index is 12.0. The number of ketones is 1. The molecule has 2 rings (SSSR count). The first-order valence-corrected chi connectivity index (χ1v) is 6.55. The summed E-state index contributed by atoms with van der Waals surface area (Å²) in [4.78, 5) is 23.9. The minimum Gasteiger partial charge on any atom is -0.497 e. The molecule has 1 aromatic heterocycles. The van der Waals surface area contributed by atoms with Gasteiger partial charge in [-0.1, -0.05) is 12.1 Å². The summed E-state index contributed by atoms with van der Waals surface area (Å²) in [7, 11) is 1.56. The van der Waals surface area contributed by atoms with Gasteiger partial charge in [0.25, 0.3) is 5.56 Å². The molecule has 2 aromatic rings. The van der Waals surface area contributed by atoms with Crippen molar-refractivity contribution in [3.05, 3.63) is 40.2 Å². The zero-order valence-electron chi connectivity index (χ0n) is 12.2. The molecule has 0 saturated heterocycles. The number of nitrogens with zero attached hydrogens (tertiary/aromatic N) is 2. The molecule has 1 heterocycles. The van der Waals surface area contributed by atoms with Crippen LogP contribution in [0.25, 0.3) is 11.3 Å². The Morgan fingerprint density at radius 1 is 1.43 bits per heavy atom. The van der Waals surface area contributed by atoms with E-state index >= 15 is 0 Å². The summed E-state index contributed by atoms with van der Waals surface area (Å²) in [6.45, 7) is 3.53. The van der Waals surface area contributed by atoms with Crippen LogP contribution in [0, 0.1) is 0 Å². The van der Waals surface area contributed by atoms with Crippen molar-refractivity contribution >= 4 is 11.5 Å². The van der Waals surface area contributed by atoms with Gasteiger partial charge in [0.05, 0.1) is 12.7 Å². The van der Waals surface area contributed by atoms with Crippen LogP contribution in [0.15, 0.2) is 29.1 Å². The minimum absolute atomic E-state index is 0.0721. The minimum atomic E-state index is -0.450. The summed E-state index contributed by atoms with van der Waals surface area (Å²) >= 11 is 0. The van der Waals surface area contributed by atoms with E-state index in [1.807, 2.05) is 0 Å². The summed E-state index contributed by atoms with van der Waals surface area (Å²) in [5.74, 6) is 0.342. The van der Waals surface area contributed by atoms with Crippen molar-refractivity contribution in [2.75, 3.05) is 12.8 Å². The maximum Gasteiger partial charge on any atom is 0.290 e. The van der Waals surface area contributed by atoms with Gasteiger partial charge in [0.1, 0.15) is 17.1 Å². The number of aromatic nitrogens is 2. The Hall–Kier alpha value is -2.63. The number of carbonyl (C=O) groups is 1. The lowest BCUT2D eigenvalue weighted by molar-refractivity contribution is 0.101. The van der Waals surface area contributed by atoms with Gasteiger partial charge >= 0.3 is 0 Å². The highest BCUT2D eigenvalue weighted by molar-refractivity contribution is 6.04. The molecule has 0 aliphatic rings. The average molecular weight is 287 g/mol. The van der Waals surface area contributed by atoms with Crippen LogP contribution in [0.5, 0.6) is 5.75 Å². The van der Waals surface area contributed by atoms with Crippen LogP contribution in [0.2, 0.25) is 0 Å². The van der Waals surface area contributed by atoms with Crippen molar-refractivity contribution in [3.63, 3.8) is 0 Å². The van der Waals surface area contributed by atoms with Crippen molar-refractivity contribution in [2.45, 2.75) is 20.4 Å². The van der Waals surface area contributed by atoms with E-state index in [2.05, 4.69) is 5.10 Å². The predicted octanol–water partition coefficient (Wildman–Crippen LogP) is 1.72. The van der Waals surface area contributed by atoms with E-state index in [1.54, 1.807) is 38.3 Å². The van der Waals surface area contributed by atoms with Crippen LogP contribution >= 0.6 is 0 Å². The Morgan fingerprint density at radius 2 is 2.14 bits per heavy atom. The van der Waals surface area contributed by atoms with E-state index in [4.69, 9.17) is 10.5 Å². The molecule has 110 valence electrons. The fraction of sp³-hybridized carbons (Fsp3) is 0.267. The molecule has 0 aliphatic carbocycles. The van der Waals surface area contributed by atoms with Gasteiger partial charge in [-0.05, 0) is 26.0 Å². The highest BCUT2D eigenvalue weighted by Gasteiger charge is 2.19. The first-order valence-electron chi connectivity index (χ1n) is 6.55. The number of nitrogens with two attached hydrogens (primary N) is 1. The van der Waals surface area contributed by atoms with Gasteiger partial charge in [0, 0.05) is 12.1 Å². The number of benzene rings is 1. The van der Waals surface area contributed by atoms with E-state index < -0.39 is 5.56 Å². The largest absolute Gasteiger partial charge is 0.497 e. The molecular formula is C15H17N3O3. The number of hydrogen-bond donors (Lipinski definition) is 1. The Labute approximate surface area is 122 Å². The first kappa shape index (κ1) is 14.8.